The Morgan fingerprint density at radius 3 is 1.86 bits per heavy atom. The van der Waals surface area contributed by atoms with Crippen LogP contribution >= 0.6 is 69.6 Å². The summed E-state index contributed by atoms with van der Waals surface area (Å²) in [4.78, 5) is 12.2. The van der Waals surface area contributed by atoms with Crippen LogP contribution in [0, 0.1) is 11.8 Å². The first kappa shape index (κ1) is 23.2. The van der Waals surface area contributed by atoms with Gasteiger partial charge in [-0.1, -0.05) is 103 Å². The van der Waals surface area contributed by atoms with E-state index in [9.17, 15) is 4.79 Å². The van der Waals surface area contributed by atoms with Crippen LogP contribution in [0.5, 0.6) is 0 Å². The molecule has 132 valence electrons. The first-order chi connectivity index (χ1) is 9.98. The summed E-state index contributed by atoms with van der Waals surface area (Å²) >= 11 is 34.5. The smallest absolute Gasteiger partial charge is 0.309 e. The molecule has 0 N–H and O–H groups in total. The van der Waals surface area contributed by atoms with Crippen molar-refractivity contribution in [2.45, 2.75) is 60.0 Å². The highest BCUT2D eigenvalue weighted by Gasteiger charge is 2.36. The summed E-state index contributed by atoms with van der Waals surface area (Å²) in [5.74, 6) is -0.943. The summed E-state index contributed by atoms with van der Waals surface area (Å²) in [5.41, 5.74) is 0. The van der Waals surface area contributed by atoms with Gasteiger partial charge in [0.2, 0.25) is 0 Å². The Morgan fingerprint density at radius 1 is 1.00 bits per heavy atom. The molecular formula is C14H22Cl6O2. The van der Waals surface area contributed by atoms with Crippen LogP contribution in [-0.4, -0.2) is 20.2 Å². The van der Waals surface area contributed by atoms with Crippen molar-refractivity contribution < 1.29 is 9.53 Å². The van der Waals surface area contributed by atoms with Crippen molar-refractivity contribution in [2.75, 3.05) is 6.61 Å². The van der Waals surface area contributed by atoms with Crippen molar-refractivity contribution in [1.29, 1.82) is 0 Å². The average molecular weight is 435 g/mol. The van der Waals surface area contributed by atoms with Crippen LogP contribution in [0.4, 0.5) is 0 Å². The van der Waals surface area contributed by atoms with Gasteiger partial charge in [0.05, 0.1) is 12.5 Å². The number of ether oxygens (including phenoxy) is 1. The molecule has 0 spiro atoms. The fourth-order valence-electron chi connectivity index (χ4n) is 2.01. The van der Waals surface area contributed by atoms with Crippen LogP contribution < -0.4 is 0 Å². The number of halogens is 6. The van der Waals surface area contributed by atoms with E-state index in [1.54, 1.807) is 0 Å². The molecule has 1 unspecified atom stereocenters. The molecule has 0 saturated carbocycles. The summed E-state index contributed by atoms with van der Waals surface area (Å²) in [6.45, 7) is 4.52. The largest absolute Gasteiger partial charge is 0.465 e. The van der Waals surface area contributed by atoms with Gasteiger partial charge >= 0.3 is 5.97 Å². The lowest BCUT2D eigenvalue weighted by Crippen LogP contribution is -2.28. The van der Waals surface area contributed by atoms with Gasteiger partial charge < -0.3 is 4.74 Å². The van der Waals surface area contributed by atoms with Crippen LogP contribution in [0.3, 0.4) is 0 Å². The van der Waals surface area contributed by atoms with Crippen molar-refractivity contribution in [3.8, 4) is 0 Å². The number of unbranched alkanes of at least 4 members (excludes halogenated alkanes) is 1. The van der Waals surface area contributed by atoms with Crippen LogP contribution in [0.2, 0.25) is 0 Å². The molecular weight excluding hydrogens is 413 g/mol. The SMILES string of the molecule is CCCCC(CC)COC(=O)C(CC(Cl)(Cl)Cl)CC(Cl)(Cl)Cl. The molecule has 0 heterocycles. The van der Waals surface area contributed by atoms with E-state index in [0.29, 0.717) is 12.5 Å². The Labute approximate surface area is 163 Å². The molecule has 0 bridgehead atoms. The lowest BCUT2D eigenvalue weighted by molar-refractivity contribution is -0.150. The van der Waals surface area contributed by atoms with Gasteiger partial charge in [-0.25, -0.2) is 0 Å². The maximum atomic E-state index is 12.2. The second-order valence-corrected chi connectivity index (χ2v) is 10.4. The number of hydrogen-bond donors (Lipinski definition) is 0. The minimum absolute atomic E-state index is 0.0594. The number of carbonyl (C=O) groups is 1. The molecule has 8 heteroatoms. The van der Waals surface area contributed by atoms with Crippen LogP contribution in [-0.2, 0) is 9.53 Å². The third-order valence-corrected chi connectivity index (χ3v) is 4.22. The molecule has 1 atom stereocenters. The standard InChI is InChI=1S/C14H22Cl6O2/c1-3-5-6-10(4-2)9-22-12(21)11(7-13(15,16)17)8-14(18,19)20/h10-11H,3-9H2,1-2H3. The number of rotatable bonds is 9. The summed E-state index contributed by atoms with van der Waals surface area (Å²) in [5, 5.41) is 0. The van der Waals surface area contributed by atoms with Crippen molar-refractivity contribution in [3.63, 3.8) is 0 Å². The van der Waals surface area contributed by atoms with E-state index in [1.165, 1.54) is 0 Å². The Morgan fingerprint density at radius 2 is 1.50 bits per heavy atom. The summed E-state index contributed by atoms with van der Waals surface area (Å²) in [7, 11) is 0. The van der Waals surface area contributed by atoms with E-state index in [1.807, 2.05) is 0 Å². The van der Waals surface area contributed by atoms with Gasteiger partial charge in [0.25, 0.3) is 0 Å². The first-order valence-electron chi connectivity index (χ1n) is 7.28. The zero-order chi connectivity index (χ0) is 17.4. The van der Waals surface area contributed by atoms with E-state index in [4.69, 9.17) is 74.3 Å². The average Bonchev–Trinajstić information content (AvgIpc) is 2.34. The Balaban J connectivity index is 4.61. The Bertz CT molecular complexity index is 308. The van der Waals surface area contributed by atoms with E-state index in [-0.39, 0.29) is 12.8 Å². The molecule has 0 aromatic rings. The van der Waals surface area contributed by atoms with Crippen molar-refractivity contribution in [1.82, 2.24) is 0 Å². The minimum atomic E-state index is -1.61. The summed E-state index contributed by atoms with van der Waals surface area (Å²) in [6, 6.07) is 0. The van der Waals surface area contributed by atoms with E-state index in [0.717, 1.165) is 25.7 Å². The second-order valence-electron chi connectivity index (χ2n) is 5.38. The molecule has 0 saturated heterocycles. The summed E-state index contributed by atoms with van der Waals surface area (Å²) in [6.07, 6.45) is 4.04. The predicted molar refractivity (Wildman–Crippen MR) is 97.6 cm³/mol. The fourth-order valence-corrected chi connectivity index (χ4v) is 3.13. The van der Waals surface area contributed by atoms with Gasteiger partial charge in [0, 0.05) is 12.8 Å². The summed E-state index contributed by atoms with van der Waals surface area (Å²) < 4.78 is 2.14. The van der Waals surface area contributed by atoms with Gasteiger partial charge in [-0.05, 0) is 12.3 Å². The number of esters is 1. The number of alkyl halides is 6. The molecule has 0 aromatic heterocycles. The topological polar surface area (TPSA) is 26.3 Å². The predicted octanol–water partition coefficient (Wildman–Crippen LogP) is 6.88. The molecule has 22 heavy (non-hydrogen) atoms. The zero-order valence-corrected chi connectivity index (χ0v) is 17.2. The van der Waals surface area contributed by atoms with Crippen molar-refractivity contribution >= 4 is 75.6 Å². The normalized spacial score (nSPS) is 14.2. The highest BCUT2D eigenvalue weighted by molar-refractivity contribution is 6.68. The third-order valence-electron chi connectivity index (χ3n) is 3.29. The molecule has 0 radical (unpaired) electrons. The molecule has 0 fully saturated rings. The molecule has 0 aliphatic rings. The quantitative estimate of drug-likeness (QED) is 0.292. The van der Waals surface area contributed by atoms with Crippen molar-refractivity contribution in [3.05, 3.63) is 0 Å². The molecule has 0 amide bonds. The molecule has 0 rings (SSSR count). The number of hydrogen-bond acceptors (Lipinski definition) is 2. The third kappa shape index (κ3) is 12.6. The Hall–Kier alpha value is 1.21. The van der Waals surface area contributed by atoms with E-state index >= 15 is 0 Å². The lowest BCUT2D eigenvalue weighted by atomic mass is 10.00. The van der Waals surface area contributed by atoms with E-state index in [2.05, 4.69) is 13.8 Å². The lowest BCUT2D eigenvalue weighted by Gasteiger charge is -2.24. The van der Waals surface area contributed by atoms with Gasteiger partial charge in [0.1, 0.15) is 0 Å². The second kappa shape index (κ2) is 10.9. The first-order valence-corrected chi connectivity index (χ1v) is 9.55. The minimum Gasteiger partial charge on any atom is -0.465 e. The van der Waals surface area contributed by atoms with Crippen LogP contribution in [0.25, 0.3) is 0 Å². The van der Waals surface area contributed by atoms with Gasteiger partial charge in [-0.2, -0.15) is 0 Å². The monoisotopic (exact) mass is 432 g/mol. The Kier molecular flexibility index (Phi) is 11.5. The van der Waals surface area contributed by atoms with Gasteiger partial charge in [0.15, 0.2) is 7.59 Å². The fraction of sp³-hybridized carbons (Fsp3) is 0.929. The van der Waals surface area contributed by atoms with Crippen LogP contribution in [0.15, 0.2) is 0 Å². The number of carbonyl (C=O) groups excluding carboxylic acids is 1. The molecule has 0 aromatic carbocycles. The van der Waals surface area contributed by atoms with Crippen molar-refractivity contribution in [2.24, 2.45) is 11.8 Å². The highest BCUT2D eigenvalue weighted by Crippen LogP contribution is 2.41. The molecule has 2 nitrogen and oxygen atoms in total. The van der Waals surface area contributed by atoms with Crippen LogP contribution in [0.1, 0.15) is 52.4 Å². The molecule has 0 aliphatic heterocycles. The maximum Gasteiger partial charge on any atom is 0.309 e. The van der Waals surface area contributed by atoms with E-state index < -0.39 is 19.5 Å². The maximum absolute atomic E-state index is 12.2. The van der Waals surface area contributed by atoms with Gasteiger partial charge in [-0.3, -0.25) is 4.79 Å². The zero-order valence-electron chi connectivity index (χ0n) is 12.7. The highest BCUT2D eigenvalue weighted by atomic mass is 35.6. The van der Waals surface area contributed by atoms with Gasteiger partial charge in [-0.15, -0.1) is 0 Å². The molecule has 0 aliphatic carbocycles.